The molecule has 7 heteroatoms. The predicted octanol–water partition coefficient (Wildman–Crippen LogP) is 4.36. The molecule has 130 valence electrons. The zero-order chi connectivity index (χ0) is 18.1. The normalized spacial score (nSPS) is 10.6. The van der Waals surface area contributed by atoms with Crippen LogP contribution in [0.15, 0.2) is 58.1 Å². The Balaban J connectivity index is 1.66. The molecule has 25 heavy (non-hydrogen) atoms. The van der Waals surface area contributed by atoms with Gasteiger partial charge in [0.15, 0.2) is 0 Å². The number of carbonyl (C=O) groups is 2. The van der Waals surface area contributed by atoms with E-state index in [1.54, 1.807) is 30.3 Å². The molecule has 0 saturated carbocycles. The molecule has 2 aromatic carbocycles. The van der Waals surface area contributed by atoms with Crippen LogP contribution in [0.5, 0.6) is 0 Å². The van der Waals surface area contributed by atoms with Crippen LogP contribution < -0.4 is 10.7 Å². The van der Waals surface area contributed by atoms with Gasteiger partial charge in [0.1, 0.15) is 0 Å². The molecule has 5 nitrogen and oxygen atoms in total. The van der Waals surface area contributed by atoms with Crippen molar-refractivity contribution in [3.8, 4) is 0 Å². The Morgan fingerprint density at radius 2 is 1.80 bits per heavy atom. The van der Waals surface area contributed by atoms with Crippen molar-refractivity contribution in [3.63, 3.8) is 0 Å². The number of hydrazone groups is 1. The molecule has 0 spiro atoms. The van der Waals surface area contributed by atoms with Gasteiger partial charge < -0.3 is 5.32 Å². The summed E-state index contributed by atoms with van der Waals surface area (Å²) in [6, 6.07) is 14.4. The van der Waals surface area contributed by atoms with Crippen molar-refractivity contribution in [2.75, 3.05) is 5.32 Å². The number of carbonyl (C=O) groups excluding carboxylic acids is 2. The summed E-state index contributed by atoms with van der Waals surface area (Å²) in [6.45, 7) is 0. The molecule has 0 atom stereocenters. The van der Waals surface area contributed by atoms with E-state index in [9.17, 15) is 9.59 Å². The van der Waals surface area contributed by atoms with Crippen LogP contribution in [0.1, 0.15) is 24.8 Å². The van der Waals surface area contributed by atoms with Crippen molar-refractivity contribution in [2.24, 2.45) is 5.10 Å². The van der Waals surface area contributed by atoms with E-state index >= 15 is 0 Å². The van der Waals surface area contributed by atoms with E-state index in [2.05, 4.69) is 31.8 Å². The first-order chi connectivity index (χ1) is 12.0. The molecule has 2 aromatic rings. The largest absolute Gasteiger partial charge is 0.326 e. The van der Waals surface area contributed by atoms with Gasteiger partial charge in [0.25, 0.3) is 0 Å². The minimum absolute atomic E-state index is 0.129. The summed E-state index contributed by atoms with van der Waals surface area (Å²) < 4.78 is 0.892. The quantitative estimate of drug-likeness (QED) is 0.514. The SMILES string of the molecule is O=C(CCCC(=O)Nc1cccc(Br)c1)NN=Cc1ccc(Cl)cc1. The summed E-state index contributed by atoms with van der Waals surface area (Å²) >= 11 is 9.13. The molecule has 0 heterocycles. The van der Waals surface area contributed by atoms with Crippen LogP contribution in [0.2, 0.25) is 5.02 Å². The summed E-state index contributed by atoms with van der Waals surface area (Å²) in [6.07, 6.45) is 2.47. The van der Waals surface area contributed by atoms with Gasteiger partial charge in [-0.2, -0.15) is 5.10 Å². The molecule has 0 unspecified atom stereocenters. The van der Waals surface area contributed by atoms with E-state index < -0.39 is 0 Å². The molecule has 2 rings (SSSR count). The lowest BCUT2D eigenvalue weighted by molar-refractivity contribution is -0.121. The van der Waals surface area contributed by atoms with Crippen LogP contribution in [0.3, 0.4) is 0 Å². The predicted molar refractivity (Wildman–Crippen MR) is 104 cm³/mol. The van der Waals surface area contributed by atoms with Crippen molar-refractivity contribution in [1.82, 2.24) is 5.43 Å². The van der Waals surface area contributed by atoms with Crippen molar-refractivity contribution in [3.05, 3.63) is 63.6 Å². The molecular formula is C18H17BrClN3O2. The summed E-state index contributed by atoms with van der Waals surface area (Å²) in [5.74, 6) is -0.365. The van der Waals surface area contributed by atoms with Gasteiger partial charge in [0.05, 0.1) is 6.21 Å². The van der Waals surface area contributed by atoms with Crippen LogP contribution >= 0.6 is 27.5 Å². The first-order valence-corrected chi connectivity index (χ1v) is 8.83. The highest BCUT2D eigenvalue weighted by molar-refractivity contribution is 9.10. The average Bonchev–Trinajstić information content (AvgIpc) is 2.56. The van der Waals surface area contributed by atoms with E-state index in [-0.39, 0.29) is 24.7 Å². The minimum atomic E-state index is -0.236. The monoisotopic (exact) mass is 421 g/mol. The fraction of sp³-hybridized carbons (Fsp3) is 0.167. The van der Waals surface area contributed by atoms with Crippen LogP contribution in [0.4, 0.5) is 5.69 Å². The number of rotatable bonds is 7. The van der Waals surface area contributed by atoms with Crippen molar-refractivity contribution in [1.29, 1.82) is 0 Å². The van der Waals surface area contributed by atoms with Gasteiger partial charge in [0, 0.05) is 28.0 Å². The van der Waals surface area contributed by atoms with Gasteiger partial charge in [-0.25, -0.2) is 5.43 Å². The van der Waals surface area contributed by atoms with Crippen LogP contribution in [0, 0.1) is 0 Å². The zero-order valence-corrected chi connectivity index (χ0v) is 15.7. The first kappa shape index (κ1) is 19.1. The minimum Gasteiger partial charge on any atom is -0.326 e. The van der Waals surface area contributed by atoms with E-state index in [1.165, 1.54) is 6.21 Å². The van der Waals surface area contributed by atoms with Gasteiger partial charge in [-0.15, -0.1) is 0 Å². The number of halogens is 2. The Bertz CT molecular complexity index is 763. The van der Waals surface area contributed by atoms with Gasteiger partial charge in [-0.05, 0) is 42.3 Å². The van der Waals surface area contributed by atoms with Gasteiger partial charge >= 0.3 is 0 Å². The Hall–Kier alpha value is -2.18. The highest BCUT2D eigenvalue weighted by atomic mass is 79.9. The first-order valence-electron chi connectivity index (χ1n) is 7.66. The van der Waals surface area contributed by atoms with E-state index in [0.29, 0.717) is 11.4 Å². The van der Waals surface area contributed by atoms with Gasteiger partial charge in [0.2, 0.25) is 11.8 Å². The van der Waals surface area contributed by atoms with Gasteiger partial charge in [-0.3, -0.25) is 9.59 Å². The highest BCUT2D eigenvalue weighted by Crippen LogP contribution is 2.16. The average molecular weight is 423 g/mol. The number of benzene rings is 2. The standard InChI is InChI=1S/C18H17BrClN3O2/c19-14-3-1-4-16(11-14)22-17(24)5-2-6-18(25)23-21-12-13-7-9-15(20)10-8-13/h1,3-4,7-12H,2,5-6H2,(H,22,24)(H,23,25). The fourth-order valence-electron chi connectivity index (χ4n) is 1.98. The van der Waals surface area contributed by atoms with Crippen molar-refractivity contribution >= 4 is 51.2 Å². The second-order valence-electron chi connectivity index (χ2n) is 5.26. The lowest BCUT2D eigenvalue weighted by Crippen LogP contribution is -2.18. The van der Waals surface area contributed by atoms with E-state index in [0.717, 1.165) is 15.7 Å². The number of amides is 2. The number of hydrogen-bond acceptors (Lipinski definition) is 3. The van der Waals surface area contributed by atoms with E-state index in [1.807, 2.05) is 18.2 Å². The molecule has 0 aliphatic heterocycles. The Morgan fingerprint density at radius 3 is 2.52 bits per heavy atom. The molecular weight excluding hydrogens is 406 g/mol. The third-order valence-corrected chi connectivity index (χ3v) is 3.93. The molecule has 0 aliphatic carbocycles. The Morgan fingerprint density at radius 1 is 1.08 bits per heavy atom. The fourth-order valence-corrected chi connectivity index (χ4v) is 2.51. The third kappa shape index (κ3) is 7.49. The lowest BCUT2D eigenvalue weighted by Gasteiger charge is -2.05. The molecule has 0 saturated heterocycles. The summed E-state index contributed by atoms with van der Waals surface area (Å²) in [7, 11) is 0. The maximum Gasteiger partial charge on any atom is 0.240 e. The number of nitrogens with one attached hydrogen (secondary N) is 2. The number of anilines is 1. The molecule has 0 aliphatic rings. The molecule has 2 amide bonds. The highest BCUT2D eigenvalue weighted by Gasteiger charge is 2.05. The summed E-state index contributed by atoms with van der Waals surface area (Å²) in [5.41, 5.74) is 3.99. The molecule has 0 bridgehead atoms. The third-order valence-electron chi connectivity index (χ3n) is 3.19. The molecule has 0 aromatic heterocycles. The molecule has 2 N–H and O–H groups in total. The summed E-state index contributed by atoms with van der Waals surface area (Å²) in [5, 5.41) is 7.30. The smallest absolute Gasteiger partial charge is 0.240 e. The van der Waals surface area contributed by atoms with Crippen molar-refractivity contribution in [2.45, 2.75) is 19.3 Å². The topological polar surface area (TPSA) is 70.6 Å². The summed E-state index contributed by atoms with van der Waals surface area (Å²) in [4.78, 5) is 23.5. The molecule has 0 radical (unpaired) electrons. The zero-order valence-electron chi connectivity index (χ0n) is 13.3. The second-order valence-corrected chi connectivity index (χ2v) is 6.61. The molecule has 0 fully saturated rings. The maximum absolute atomic E-state index is 11.8. The van der Waals surface area contributed by atoms with Crippen LogP contribution in [-0.2, 0) is 9.59 Å². The van der Waals surface area contributed by atoms with Crippen molar-refractivity contribution < 1.29 is 9.59 Å². The lowest BCUT2D eigenvalue weighted by atomic mass is 10.2. The van der Waals surface area contributed by atoms with Gasteiger partial charge in [-0.1, -0.05) is 45.7 Å². The Labute approximate surface area is 159 Å². The number of nitrogens with zero attached hydrogens (tertiary/aromatic N) is 1. The van der Waals surface area contributed by atoms with E-state index in [4.69, 9.17) is 11.6 Å². The Kier molecular flexibility index (Phi) is 7.63. The maximum atomic E-state index is 11.8. The number of hydrogen-bond donors (Lipinski definition) is 2. The van der Waals surface area contributed by atoms with Crippen LogP contribution in [-0.4, -0.2) is 18.0 Å². The second kappa shape index (κ2) is 9.96. The van der Waals surface area contributed by atoms with Crippen LogP contribution in [0.25, 0.3) is 0 Å².